The van der Waals surface area contributed by atoms with Crippen molar-refractivity contribution in [2.45, 2.75) is 39.5 Å². The lowest BCUT2D eigenvalue weighted by Gasteiger charge is -2.13. The second-order valence-corrected chi connectivity index (χ2v) is 8.28. The second-order valence-electron chi connectivity index (χ2n) is 6.28. The predicted octanol–water partition coefficient (Wildman–Crippen LogP) is 4.38. The number of nitrogens with one attached hydrogen (secondary N) is 1. The highest BCUT2D eigenvalue weighted by Crippen LogP contribution is 2.36. The summed E-state index contributed by atoms with van der Waals surface area (Å²) in [5.74, 6) is 0.932. The van der Waals surface area contributed by atoms with Crippen LogP contribution in [0.2, 0.25) is 5.02 Å². The molecule has 0 aliphatic carbocycles. The van der Waals surface area contributed by atoms with Gasteiger partial charge in [0.25, 0.3) is 10.0 Å². The van der Waals surface area contributed by atoms with Crippen LogP contribution in [0.5, 0.6) is 11.5 Å². The molecule has 6 nitrogen and oxygen atoms in total. The first-order valence-electron chi connectivity index (χ1n) is 8.91. The number of hydrogen-bond donors (Lipinski definition) is 1. The smallest absolute Gasteiger partial charge is 0.277 e. The summed E-state index contributed by atoms with van der Waals surface area (Å²) < 4.78 is 36.4. The Labute approximate surface area is 171 Å². The van der Waals surface area contributed by atoms with E-state index in [-0.39, 0.29) is 4.90 Å². The number of benzene rings is 2. The molecule has 0 aliphatic rings. The standard InChI is InChI=1S/C20H25ClN2O4S/c1-6-26-18-11-16(10-17(21)19(18)27-7-2)12-22-23-28(24,25)20-14(4)8-13(3)9-15(20)5/h8-12,23H,6-7H2,1-5H3/b22-12+. The fourth-order valence-electron chi connectivity index (χ4n) is 3.02. The van der Waals surface area contributed by atoms with E-state index in [1.165, 1.54) is 6.21 Å². The van der Waals surface area contributed by atoms with Crippen LogP contribution in [-0.2, 0) is 10.0 Å². The molecular formula is C20H25ClN2O4S. The van der Waals surface area contributed by atoms with E-state index in [9.17, 15) is 8.42 Å². The third kappa shape index (κ3) is 5.17. The number of nitrogens with zero attached hydrogens (tertiary/aromatic N) is 1. The van der Waals surface area contributed by atoms with E-state index in [1.54, 1.807) is 26.0 Å². The van der Waals surface area contributed by atoms with Crippen LogP contribution in [0.3, 0.4) is 0 Å². The summed E-state index contributed by atoms with van der Waals surface area (Å²) in [6, 6.07) is 6.98. The molecule has 0 atom stereocenters. The molecule has 0 heterocycles. The number of sulfonamides is 1. The van der Waals surface area contributed by atoms with Gasteiger partial charge in [0.05, 0.1) is 29.3 Å². The molecule has 0 aromatic heterocycles. The molecule has 0 bridgehead atoms. The van der Waals surface area contributed by atoms with E-state index < -0.39 is 10.0 Å². The molecule has 28 heavy (non-hydrogen) atoms. The largest absolute Gasteiger partial charge is 0.490 e. The van der Waals surface area contributed by atoms with E-state index in [1.807, 2.05) is 32.9 Å². The molecule has 2 aromatic rings. The molecule has 152 valence electrons. The van der Waals surface area contributed by atoms with Gasteiger partial charge in [0.2, 0.25) is 0 Å². The Morgan fingerprint density at radius 2 is 1.64 bits per heavy atom. The second kappa shape index (κ2) is 9.30. The summed E-state index contributed by atoms with van der Waals surface area (Å²) in [5.41, 5.74) is 2.92. The lowest BCUT2D eigenvalue weighted by Crippen LogP contribution is -2.20. The minimum absolute atomic E-state index is 0.231. The Bertz CT molecular complexity index is 965. The molecule has 0 amide bonds. The van der Waals surface area contributed by atoms with Gasteiger partial charge in [-0.3, -0.25) is 0 Å². The van der Waals surface area contributed by atoms with Crippen LogP contribution < -0.4 is 14.3 Å². The van der Waals surface area contributed by atoms with Crippen molar-refractivity contribution in [1.82, 2.24) is 4.83 Å². The van der Waals surface area contributed by atoms with Crippen LogP contribution in [0.25, 0.3) is 0 Å². The molecule has 0 fully saturated rings. The zero-order chi connectivity index (χ0) is 20.9. The summed E-state index contributed by atoms with van der Waals surface area (Å²) in [4.78, 5) is 2.49. The van der Waals surface area contributed by atoms with Crippen LogP contribution in [0.4, 0.5) is 0 Å². The highest BCUT2D eigenvalue weighted by atomic mass is 35.5. The third-order valence-electron chi connectivity index (χ3n) is 3.88. The molecule has 0 saturated carbocycles. The molecule has 0 saturated heterocycles. The van der Waals surface area contributed by atoms with Gasteiger partial charge in [-0.1, -0.05) is 29.3 Å². The summed E-state index contributed by atoms with van der Waals surface area (Å²) >= 11 is 6.26. The van der Waals surface area contributed by atoms with Crippen LogP contribution in [0, 0.1) is 20.8 Å². The fourth-order valence-corrected chi connectivity index (χ4v) is 4.54. The molecule has 1 N–H and O–H groups in total. The lowest BCUT2D eigenvalue weighted by molar-refractivity contribution is 0.288. The van der Waals surface area contributed by atoms with E-state index in [2.05, 4.69) is 9.93 Å². The Hall–Kier alpha value is -2.25. The topological polar surface area (TPSA) is 77.0 Å². The van der Waals surface area contributed by atoms with Gasteiger partial charge >= 0.3 is 0 Å². The van der Waals surface area contributed by atoms with Crippen molar-refractivity contribution in [3.8, 4) is 11.5 Å². The van der Waals surface area contributed by atoms with Gasteiger partial charge in [-0.25, -0.2) is 4.83 Å². The molecule has 8 heteroatoms. The Morgan fingerprint density at radius 1 is 1.04 bits per heavy atom. The van der Waals surface area contributed by atoms with Gasteiger partial charge in [0, 0.05) is 0 Å². The highest BCUT2D eigenvalue weighted by Gasteiger charge is 2.19. The van der Waals surface area contributed by atoms with Crippen molar-refractivity contribution >= 4 is 27.8 Å². The van der Waals surface area contributed by atoms with Crippen LogP contribution >= 0.6 is 11.6 Å². The van der Waals surface area contributed by atoms with Crippen molar-refractivity contribution in [3.63, 3.8) is 0 Å². The van der Waals surface area contributed by atoms with Crippen molar-refractivity contribution < 1.29 is 17.9 Å². The quantitative estimate of drug-likeness (QED) is 0.504. The SMILES string of the molecule is CCOc1cc(/C=N/NS(=O)(=O)c2c(C)cc(C)cc2C)cc(Cl)c1OCC. The molecular weight excluding hydrogens is 400 g/mol. The molecule has 2 rings (SSSR count). The zero-order valence-electron chi connectivity index (χ0n) is 16.7. The van der Waals surface area contributed by atoms with Crippen LogP contribution in [-0.4, -0.2) is 27.8 Å². The summed E-state index contributed by atoms with van der Waals surface area (Å²) in [6.45, 7) is 10.0. The minimum atomic E-state index is -3.79. The number of hydrogen-bond acceptors (Lipinski definition) is 5. The molecule has 0 spiro atoms. The van der Waals surface area contributed by atoms with Gasteiger partial charge in [0.15, 0.2) is 11.5 Å². The Morgan fingerprint density at radius 3 is 2.21 bits per heavy atom. The van der Waals surface area contributed by atoms with Crippen molar-refractivity contribution in [2.75, 3.05) is 13.2 Å². The number of hydrazone groups is 1. The molecule has 0 aliphatic heterocycles. The Kier molecular flexibility index (Phi) is 7.32. The van der Waals surface area contributed by atoms with Crippen LogP contribution in [0.15, 0.2) is 34.3 Å². The third-order valence-corrected chi connectivity index (χ3v) is 5.69. The fraction of sp³-hybridized carbons (Fsp3) is 0.350. The highest BCUT2D eigenvalue weighted by molar-refractivity contribution is 7.89. The van der Waals surface area contributed by atoms with Gasteiger partial charge in [-0.15, -0.1) is 0 Å². The lowest BCUT2D eigenvalue weighted by atomic mass is 10.1. The van der Waals surface area contributed by atoms with Crippen molar-refractivity contribution in [1.29, 1.82) is 0 Å². The number of rotatable bonds is 8. The maximum atomic E-state index is 12.7. The summed E-state index contributed by atoms with van der Waals surface area (Å²) in [5, 5.41) is 4.26. The van der Waals surface area contributed by atoms with Gasteiger partial charge in [-0.05, 0) is 63.4 Å². The first-order chi connectivity index (χ1) is 13.2. The summed E-state index contributed by atoms with van der Waals surface area (Å²) in [6.07, 6.45) is 1.38. The first kappa shape index (κ1) is 22.0. The van der Waals surface area contributed by atoms with Gasteiger partial charge < -0.3 is 9.47 Å². The normalized spacial score (nSPS) is 11.6. The predicted molar refractivity (Wildman–Crippen MR) is 112 cm³/mol. The summed E-state index contributed by atoms with van der Waals surface area (Å²) in [7, 11) is -3.79. The number of halogens is 1. The monoisotopic (exact) mass is 424 g/mol. The minimum Gasteiger partial charge on any atom is -0.490 e. The molecule has 0 unspecified atom stereocenters. The van der Waals surface area contributed by atoms with E-state index >= 15 is 0 Å². The van der Waals surface area contributed by atoms with Gasteiger partial charge in [0.1, 0.15) is 0 Å². The Balaban J connectivity index is 2.29. The van der Waals surface area contributed by atoms with Crippen molar-refractivity contribution in [3.05, 3.63) is 51.5 Å². The zero-order valence-corrected chi connectivity index (χ0v) is 18.2. The maximum absolute atomic E-state index is 12.7. The molecule has 0 radical (unpaired) electrons. The number of aryl methyl sites for hydroxylation is 3. The molecule has 2 aromatic carbocycles. The van der Waals surface area contributed by atoms with Gasteiger partial charge in [-0.2, -0.15) is 13.5 Å². The van der Waals surface area contributed by atoms with Crippen LogP contribution in [0.1, 0.15) is 36.1 Å². The number of ether oxygens (including phenoxy) is 2. The van der Waals surface area contributed by atoms with E-state index in [4.69, 9.17) is 21.1 Å². The average molecular weight is 425 g/mol. The maximum Gasteiger partial charge on any atom is 0.277 e. The van der Waals surface area contributed by atoms with E-state index in [0.717, 1.165) is 5.56 Å². The average Bonchev–Trinajstić information content (AvgIpc) is 2.56. The first-order valence-corrected chi connectivity index (χ1v) is 10.8. The van der Waals surface area contributed by atoms with Crippen molar-refractivity contribution in [2.24, 2.45) is 5.10 Å². The van der Waals surface area contributed by atoms with E-state index in [0.29, 0.717) is 46.4 Å².